The number of para-hydroxylation sites is 1. The molecule has 2 aromatic rings. The maximum Gasteiger partial charge on any atom is 0.225 e. The fourth-order valence-corrected chi connectivity index (χ4v) is 3.41. The van der Waals surface area contributed by atoms with Gasteiger partial charge < -0.3 is 21.1 Å². The number of amides is 1. The molecule has 0 saturated heterocycles. The summed E-state index contributed by atoms with van der Waals surface area (Å²) in [5.41, 5.74) is 3.98. The van der Waals surface area contributed by atoms with E-state index in [2.05, 4.69) is 20.9 Å². The normalized spacial score (nSPS) is 17.5. The number of guanidine groups is 1. The molecule has 0 bridgehead atoms. The van der Waals surface area contributed by atoms with Crippen molar-refractivity contribution < 1.29 is 9.90 Å². The predicted molar refractivity (Wildman–Crippen MR) is 113 cm³/mol. The summed E-state index contributed by atoms with van der Waals surface area (Å²) < 4.78 is 0. The van der Waals surface area contributed by atoms with Gasteiger partial charge in [0, 0.05) is 31.1 Å². The lowest BCUT2D eigenvalue weighted by molar-refractivity contribution is -0.116. The van der Waals surface area contributed by atoms with Gasteiger partial charge in [0.05, 0.1) is 12.6 Å². The van der Waals surface area contributed by atoms with E-state index in [1.807, 2.05) is 62.4 Å². The van der Waals surface area contributed by atoms with Crippen LogP contribution in [0.1, 0.15) is 42.1 Å². The van der Waals surface area contributed by atoms with Gasteiger partial charge in [0.2, 0.25) is 5.91 Å². The summed E-state index contributed by atoms with van der Waals surface area (Å²) >= 11 is 0. The molecule has 1 aliphatic rings. The number of carbonyl (C=O) groups is 1. The minimum absolute atomic E-state index is 0.0299. The van der Waals surface area contributed by atoms with Crippen LogP contribution in [0.25, 0.3) is 0 Å². The molecule has 3 rings (SSSR count). The molecule has 0 radical (unpaired) electrons. The maximum absolute atomic E-state index is 12.0. The smallest absolute Gasteiger partial charge is 0.225 e. The number of hydrogen-bond donors (Lipinski definition) is 4. The molecule has 28 heavy (non-hydrogen) atoms. The predicted octanol–water partition coefficient (Wildman–Crippen LogP) is 2.71. The second-order valence-electron chi connectivity index (χ2n) is 7.07. The highest BCUT2D eigenvalue weighted by atomic mass is 16.3. The number of aliphatic hydroxyl groups excluding tert-OH is 1. The molecule has 1 heterocycles. The first kappa shape index (κ1) is 19.9. The number of nitrogens with zero attached hydrogens (tertiary/aromatic N) is 1. The summed E-state index contributed by atoms with van der Waals surface area (Å²) in [6, 6.07) is 15.7. The van der Waals surface area contributed by atoms with E-state index in [0.29, 0.717) is 25.5 Å². The van der Waals surface area contributed by atoms with Crippen LogP contribution in [0.4, 0.5) is 5.69 Å². The zero-order valence-corrected chi connectivity index (χ0v) is 16.4. The Balaban J connectivity index is 1.65. The SMILES string of the molecule is CCNC(=NCC(O)c1cccc(C)c1)NCC1CC(=O)Nc2ccccc21. The van der Waals surface area contributed by atoms with Gasteiger partial charge in [-0.3, -0.25) is 9.79 Å². The zero-order valence-electron chi connectivity index (χ0n) is 16.4. The van der Waals surface area contributed by atoms with Gasteiger partial charge in [-0.1, -0.05) is 48.0 Å². The van der Waals surface area contributed by atoms with Crippen molar-refractivity contribution in [3.8, 4) is 0 Å². The minimum atomic E-state index is -0.656. The minimum Gasteiger partial charge on any atom is -0.386 e. The first-order valence-corrected chi connectivity index (χ1v) is 9.72. The molecule has 2 unspecified atom stereocenters. The van der Waals surface area contributed by atoms with Crippen molar-refractivity contribution in [2.45, 2.75) is 32.3 Å². The number of anilines is 1. The fourth-order valence-electron chi connectivity index (χ4n) is 3.41. The number of aliphatic imine (C=N–C) groups is 1. The molecule has 0 spiro atoms. The summed E-state index contributed by atoms with van der Waals surface area (Å²) in [5, 5.41) is 19.9. The Morgan fingerprint density at radius 1 is 1.25 bits per heavy atom. The van der Waals surface area contributed by atoms with Crippen molar-refractivity contribution in [3.63, 3.8) is 0 Å². The maximum atomic E-state index is 12.0. The average molecular weight is 380 g/mol. The number of benzene rings is 2. The summed E-state index contributed by atoms with van der Waals surface area (Å²) in [6.45, 7) is 5.58. The Morgan fingerprint density at radius 2 is 2.07 bits per heavy atom. The molecular formula is C22H28N4O2. The van der Waals surface area contributed by atoms with Gasteiger partial charge in [-0.15, -0.1) is 0 Å². The number of carbonyl (C=O) groups excluding carboxylic acids is 1. The van der Waals surface area contributed by atoms with Crippen molar-refractivity contribution >= 4 is 17.6 Å². The highest BCUT2D eigenvalue weighted by Gasteiger charge is 2.24. The molecule has 4 N–H and O–H groups in total. The first-order valence-electron chi connectivity index (χ1n) is 9.72. The van der Waals surface area contributed by atoms with E-state index in [1.54, 1.807) is 0 Å². The molecule has 0 fully saturated rings. The Labute approximate surface area is 166 Å². The van der Waals surface area contributed by atoms with Crippen LogP contribution in [-0.2, 0) is 4.79 Å². The van der Waals surface area contributed by atoms with E-state index in [9.17, 15) is 9.90 Å². The third-order valence-electron chi connectivity index (χ3n) is 4.82. The number of aryl methyl sites for hydroxylation is 1. The summed E-state index contributed by atoms with van der Waals surface area (Å²) in [6.07, 6.45) is -0.216. The standard InChI is InChI=1S/C22H28N4O2/c1-3-23-22(25-14-20(27)16-8-6-7-15(2)11-16)24-13-17-12-21(28)26-19-10-5-4-9-18(17)19/h4-11,17,20,27H,3,12-14H2,1-2H3,(H,26,28)(H2,23,24,25). The molecule has 6 heteroatoms. The quantitative estimate of drug-likeness (QED) is 0.459. The van der Waals surface area contributed by atoms with Crippen molar-refractivity contribution in [1.82, 2.24) is 10.6 Å². The fraction of sp³-hybridized carbons (Fsp3) is 0.364. The van der Waals surface area contributed by atoms with Crippen LogP contribution < -0.4 is 16.0 Å². The summed E-state index contributed by atoms with van der Waals surface area (Å²) in [4.78, 5) is 16.5. The van der Waals surface area contributed by atoms with E-state index < -0.39 is 6.10 Å². The van der Waals surface area contributed by atoms with Gasteiger partial charge >= 0.3 is 0 Å². The molecule has 6 nitrogen and oxygen atoms in total. The van der Waals surface area contributed by atoms with Crippen LogP contribution >= 0.6 is 0 Å². The van der Waals surface area contributed by atoms with Crippen molar-refractivity contribution in [1.29, 1.82) is 0 Å². The Hall–Kier alpha value is -2.86. The lowest BCUT2D eigenvalue weighted by atomic mass is 9.90. The van der Waals surface area contributed by atoms with Gasteiger partial charge in [0.15, 0.2) is 5.96 Å². The molecule has 1 amide bonds. The Bertz CT molecular complexity index is 850. The second-order valence-corrected chi connectivity index (χ2v) is 7.07. The van der Waals surface area contributed by atoms with Crippen molar-refractivity contribution in [2.24, 2.45) is 4.99 Å². The highest BCUT2D eigenvalue weighted by molar-refractivity contribution is 5.94. The second kappa shape index (κ2) is 9.37. The van der Waals surface area contributed by atoms with E-state index in [-0.39, 0.29) is 18.4 Å². The van der Waals surface area contributed by atoms with Crippen LogP contribution in [0.5, 0.6) is 0 Å². The van der Waals surface area contributed by atoms with Crippen LogP contribution in [0.3, 0.4) is 0 Å². The van der Waals surface area contributed by atoms with Crippen LogP contribution in [-0.4, -0.2) is 36.6 Å². The van der Waals surface area contributed by atoms with Gasteiger partial charge in [-0.05, 0) is 31.0 Å². The number of hydrogen-bond acceptors (Lipinski definition) is 3. The van der Waals surface area contributed by atoms with E-state index in [0.717, 1.165) is 22.4 Å². The molecule has 0 aliphatic carbocycles. The van der Waals surface area contributed by atoms with Gasteiger partial charge in [-0.25, -0.2) is 0 Å². The largest absolute Gasteiger partial charge is 0.386 e. The van der Waals surface area contributed by atoms with Gasteiger partial charge in [-0.2, -0.15) is 0 Å². The van der Waals surface area contributed by atoms with E-state index in [1.165, 1.54) is 0 Å². The summed E-state index contributed by atoms with van der Waals surface area (Å²) in [7, 11) is 0. The van der Waals surface area contributed by atoms with E-state index >= 15 is 0 Å². The number of aliphatic hydroxyl groups is 1. The molecule has 148 valence electrons. The van der Waals surface area contributed by atoms with Crippen LogP contribution in [0.2, 0.25) is 0 Å². The topological polar surface area (TPSA) is 85.8 Å². The lowest BCUT2D eigenvalue weighted by Gasteiger charge is -2.26. The van der Waals surface area contributed by atoms with Crippen molar-refractivity contribution in [2.75, 3.05) is 25.0 Å². The third-order valence-corrected chi connectivity index (χ3v) is 4.82. The number of fused-ring (bicyclic) bond motifs is 1. The molecule has 2 aromatic carbocycles. The third kappa shape index (κ3) is 5.10. The monoisotopic (exact) mass is 380 g/mol. The number of rotatable bonds is 6. The lowest BCUT2D eigenvalue weighted by Crippen LogP contribution is -2.41. The van der Waals surface area contributed by atoms with Crippen LogP contribution in [0, 0.1) is 6.92 Å². The average Bonchev–Trinajstić information content (AvgIpc) is 2.69. The van der Waals surface area contributed by atoms with E-state index in [4.69, 9.17) is 0 Å². The van der Waals surface area contributed by atoms with Crippen LogP contribution in [0.15, 0.2) is 53.5 Å². The Kier molecular flexibility index (Phi) is 6.66. The van der Waals surface area contributed by atoms with Gasteiger partial charge in [0.1, 0.15) is 0 Å². The zero-order chi connectivity index (χ0) is 19.9. The molecule has 0 saturated carbocycles. The first-order chi connectivity index (χ1) is 13.6. The van der Waals surface area contributed by atoms with Gasteiger partial charge in [0.25, 0.3) is 0 Å². The van der Waals surface area contributed by atoms with Crippen molar-refractivity contribution in [3.05, 3.63) is 65.2 Å². The molecular weight excluding hydrogens is 352 g/mol. The Morgan fingerprint density at radius 3 is 2.86 bits per heavy atom. The molecule has 0 aromatic heterocycles. The highest BCUT2D eigenvalue weighted by Crippen LogP contribution is 2.31. The number of nitrogens with one attached hydrogen (secondary N) is 3. The molecule has 2 atom stereocenters. The summed E-state index contributed by atoms with van der Waals surface area (Å²) in [5.74, 6) is 0.746. The molecule has 1 aliphatic heterocycles.